The van der Waals surface area contributed by atoms with E-state index in [1.165, 1.54) is 5.56 Å². The first-order valence-electron chi connectivity index (χ1n) is 11.4. The predicted octanol–water partition coefficient (Wildman–Crippen LogP) is 5.90. The number of para-hydroxylation sites is 1. The first-order valence-corrected chi connectivity index (χ1v) is 11.4. The number of amides is 1. The van der Waals surface area contributed by atoms with E-state index in [0.29, 0.717) is 11.6 Å². The monoisotopic (exact) mass is 437 g/mol. The number of imidazole rings is 1. The number of aryl methyl sites for hydroxylation is 1. The molecule has 1 aromatic heterocycles. The molecule has 0 saturated heterocycles. The molecule has 1 N–H and O–H groups in total. The number of benzene rings is 3. The van der Waals surface area contributed by atoms with Crippen LogP contribution in [0.15, 0.2) is 91.1 Å². The Balaban J connectivity index is 1.23. The van der Waals surface area contributed by atoms with Crippen LogP contribution in [0.4, 0.5) is 0 Å². The average Bonchev–Trinajstić information content (AvgIpc) is 3.29. The van der Waals surface area contributed by atoms with Crippen LogP contribution in [0.25, 0.3) is 0 Å². The Hall–Kier alpha value is -3.86. The molecule has 2 atom stereocenters. The number of aromatic nitrogens is 2. The highest BCUT2D eigenvalue weighted by molar-refractivity contribution is 5.92. The molecule has 4 aromatic rings. The summed E-state index contributed by atoms with van der Waals surface area (Å²) in [6, 6.07) is 28.0. The maximum atomic E-state index is 12.8. The van der Waals surface area contributed by atoms with Gasteiger partial charge in [0.1, 0.15) is 23.0 Å². The second kappa shape index (κ2) is 9.33. The molecule has 0 aliphatic carbocycles. The normalized spacial score (nSPS) is 16.0. The van der Waals surface area contributed by atoms with Gasteiger partial charge in [0, 0.05) is 25.1 Å². The zero-order chi connectivity index (χ0) is 22.6. The van der Waals surface area contributed by atoms with Crippen LogP contribution in [-0.4, -0.2) is 15.5 Å². The number of rotatable bonds is 6. The molecule has 33 heavy (non-hydrogen) atoms. The standard InChI is InChI=1S/C28H27N3O2/c1-20(21-8-4-2-5-9-21)29-28(32)26-19-31-18-23(14-17-27(31)30-26)22-12-15-25(16-13-22)33-24-10-6-3-7-11-24/h2-13,15-16,19-20,23H,14,17-18H2,1H3,(H,29,32)/t20-,23-/m0/s1. The Morgan fingerprint density at radius 3 is 2.36 bits per heavy atom. The second-order valence-electron chi connectivity index (χ2n) is 8.52. The van der Waals surface area contributed by atoms with Crippen LogP contribution in [0.5, 0.6) is 11.5 Å². The molecule has 0 saturated carbocycles. The van der Waals surface area contributed by atoms with Gasteiger partial charge in [0.05, 0.1) is 6.04 Å². The van der Waals surface area contributed by atoms with E-state index < -0.39 is 0 Å². The molecule has 2 heterocycles. The van der Waals surface area contributed by atoms with Crippen LogP contribution >= 0.6 is 0 Å². The predicted molar refractivity (Wildman–Crippen MR) is 129 cm³/mol. The van der Waals surface area contributed by atoms with E-state index >= 15 is 0 Å². The Bertz CT molecular complexity index is 1220. The first-order chi connectivity index (χ1) is 16.2. The molecule has 0 unspecified atom stereocenters. The van der Waals surface area contributed by atoms with E-state index in [1.807, 2.05) is 85.9 Å². The van der Waals surface area contributed by atoms with Crippen molar-refractivity contribution in [2.75, 3.05) is 0 Å². The summed E-state index contributed by atoms with van der Waals surface area (Å²) in [6.45, 7) is 2.81. The summed E-state index contributed by atoms with van der Waals surface area (Å²) in [5.74, 6) is 2.89. The Morgan fingerprint density at radius 1 is 0.970 bits per heavy atom. The molecule has 1 amide bonds. The van der Waals surface area contributed by atoms with E-state index in [1.54, 1.807) is 0 Å². The van der Waals surface area contributed by atoms with Crippen LogP contribution in [0.1, 0.15) is 52.7 Å². The van der Waals surface area contributed by atoms with Gasteiger partial charge in [0.15, 0.2) is 0 Å². The van der Waals surface area contributed by atoms with Crippen LogP contribution < -0.4 is 10.1 Å². The molecule has 0 bridgehead atoms. The summed E-state index contributed by atoms with van der Waals surface area (Å²) in [7, 11) is 0. The number of nitrogens with zero attached hydrogens (tertiary/aromatic N) is 2. The molecule has 5 rings (SSSR count). The number of carbonyl (C=O) groups excluding carboxylic acids is 1. The molecule has 3 aromatic carbocycles. The maximum absolute atomic E-state index is 12.8. The minimum Gasteiger partial charge on any atom is -0.457 e. The Morgan fingerprint density at radius 2 is 1.64 bits per heavy atom. The smallest absolute Gasteiger partial charge is 0.271 e. The number of hydrogen-bond donors (Lipinski definition) is 1. The van der Waals surface area contributed by atoms with Crippen LogP contribution in [0.2, 0.25) is 0 Å². The highest BCUT2D eigenvalue weighted by Crippen LogP contribution is 2.31. The number of carbonyl (C=O) groups is 1. The molecule has 1 aliphatic rings. The fourth-order valence-electron chi connectivity index (χ4n) is 4.35. The van der Waals surface area contributed by atoms with Crippen molar-refractivity contribution in [3.8, 4) is 11.5 Å². The molecule has 5 nitrogen and oxygen atoms in total. The molecule has 5 heteroatoms. The van der Waals surface area contributed by atoms with E-state index in [9.17, 15) is 4.79 Å². The van der Waals surface area contributed by atoms with Gasteiger partial charge in [0.2, 0.25) is 0 Å². The topological polar surface area (TPSA) is 56.2 Å². The summed E-state index contributed by atoms with van der Waals surface area (Å²) in [6.07, 6.45) is 3.76. The van der Waals surface area contributed by atoms with Crippen molar-refractivity contribution < 1.29 is 9.53 Å². The lowest BCUT2D eigenvalue weighted by Gasteiger charge is -2.24. The van der Waals surface area contributed by atoms with Gasteiger partial charge >= 0.3 is 0 Å². The summed E-state index contributed by atoms with van der Waals surface area (Å²) < 4.78 is 8.04. The van der Waals surface area contributed by atoms with Crippen molar-refractivity contribution in [1.82, 2.24) is 14.9 Å². The van der Waals surface area contributed by atoms with Crippen molar-refractivity contribution in [3.63, 3.8) is 0 Å². The number of hydrogen-bond acceptors (Lipinski definition) is 3. The van der Waals surface area contributed by atoms with Crippen molar-refractivity contribution in [2.24, 2.45) is 0 Å². The fraction of sp³-hybridized carbons (Fsp3) is 0.214. The van der Waals surface area contributed by atoms with Gasteiger partial charge in [0.25, 0.3) is 5.91 Å². The maximum Gasteiger partial charge on any atom is 0.271 e. The summed E-state index contributed by atoms with van der Waals surface area (Å²) >= 11 is 0. The zero-order valence-electron chi connectivity index (χ0n) is 18.6. The van der Waals surface area contributed by atoms with Gasteiger partial charge < -0.3 is 14.6 Å². The number of fused-ring (bicyclic) bond motifs is 1. The largest absolute Gasteiger partial charge is 0.457 e. The van der Waals surface area contributed by atoms with Crippen LogP contribution in [0.3, 0.4) is 0 Å². The van der Waals surface area contributed by atoms with Gasteiger partial charge in [-0.2, -0.15) is 0 Å². The highest BCUT2D eigenvalue weighted by Gasteiger charge is 2.24. The van der Waals surface area contributed by atoms with Gasteiger partial charge in [-0.25, -0.2) is 4.98 Å². The fourth-order valence-corrected chi connectivity index (χ4v) is 4.35. The molecule has 166 valence electrons. The van der Waals surface area contributed by atoms with E-state index in [0.717, 1.165) is 42.3 Å². The van der Waals surface area contributed by atoms with Gasteiger partial charge in [-0.3, -0.25) is 4.79 Å². The third-order valence-electron chi connectivity index (χ3n) is 6.20. The van der Waals surface area contributed by atoms with Crippen LogP contribution in [-0.2, 0) is 13.0 Å². The lowest BCUT2D eigenvalue weighted by molar-refractivity contribution is 0.0935. The van der Waals surface area contributed by atoms with E-state index in [-0.39, 0.29) is 11.9 Å². The summed E-state index contributed by atoms with van der Waals surface area (Å²) in [5.41, 5.74) is 2.84. The average molecular weight is 438 g/mol. The van der Waals surface area contributed by atoms with E-state index in [4.69, 9.17) is 4.74 Å². The Labute approximate surface area is 194 Å². The van der Waals surface area contributed by atoms with Crippen molar-refractivity contribution in [1.29, 1.82) is 0 Å². The van der Waals surface area contributed by atoms with Crippen LogP contribution in [0, 0.1) is 0 Å². The van der Waals surface area contributed by atoms with Gasteiger partial charge in [-0.1, -0.05) is 60.7 Å². The molecular formula is C28H27N3O2. The number of nitrogens with one attached hydrogen (secondary N) is 1. The third kappa shape index (κ3) is 4.82. The van der Waals surface area contributed by atoms with Crippen molar-refractivity contribution in [2.45, 2.75) is 38.3 Å². The highest BCUT2D eigenvalue weighted by atomic mass is 16.5. The lowest BCUT2D eigenvalue weighted by Crippen LogP contribution is -2.26. The first kappa shape index (κ1) is 21.0. The quantitative estimate of drug-likeness (QED) is 0.409. The van der Waals surface area contributed by atoms with E-state index in [2.05, 4.69) is 27.0 Å². The molecule has 1 aliphatic heterocycles. The minimum absolute atomic E-state index is 0.0678. The zero-order valence-corrected chi connectivity index (χ0v) is 18.6. The van der Waals surface area contributed by atoms with Gasteiger partial charge in [-0.05, 0) is 48.7 Å². The number of ether oxygens (including phenoxy) is 1. The van der Waals surface area contributed by atoms with Crippen molar-refractivity contribution in [3.05, 3.63) is 114 Å². The summed E-state index contributed by atoms with van der Waals surface area (Å²) in [5, 5.41) is 3.06. The van der Waals surface area contributed by atoms with Crippen molar-refractivity contribution >= 4 is 5.91 Å². The molecule has 0 spiro atoms. The minimum atomic E-state index is -0.132. The molecular weight excluding hydrogens is 410 g/mol. The molecule has 0 fully saturated rings. The lowest BCUT2D eigenvalue weighted by atomic mass is 9.91. The summed E-state index contributed by atoms with van der Waals surface area (Å²) in [4.78, 5) is 17.4. The second-order valence-corrected chi connectivity index (χ2v) is 8.52. The Kier molecular flexibility index (Phi) is 5.94. The van der Waals surface area contributed by atoms with Gasteiger partial charge in [-0.15, -0.1) is 0 Å². The molecule has 0 radical (unpaired) electrons. The third-order valence-corrected chi connectivity index (χ3v) is 6.20. The SMILES string of the molecule is C[C@H](NC(=O)c1cn2c(n1)CC[C@H](c1ccc(Oc3ccccc3)cc1)C2)c1ccccc1.